The van der Waals surface area contributed by atoms with Crippen LogP contribution >= 0.6 is 11.8 Å². The number of thioether (sulfide) groups is 1. The van der Waals surface area contributed by atoms with Crippen molar-refractivity contribution < 1.29 is 29.3 Å². The largest absolute Gasteiger partial charge is 0.508 e. The molecule has 2 amide bonds. The Morgan fingerprint density at radius 3 is 2.36 bits per heavy atom. The van der Waals surface area contributed by atoms with Crippen LogP contribution in [0.2, 0.25) is 0 Å². The minimum atomic E-state index is -0.619. The van der Waals surface area contributed by atoms with Gasteiger partial charge in [0.05, 0.1) is 24.5 Å². The molecule has 1 saturated heterocycles. The van der Waals surface area contributed by atoms with Crippen molar-refractivity contribution in [2.24, 2.45) is 0 Å². The molecule has 3 aromatic carbocycles. The van der Waals surface area contributed by atoms with Crippen LogP contribution in [0.3, 0.4) is 0 Å². The van der Waals surface area contributed by atoms with Crippen molar-refractivity contribution in [2.45, 2.75) is 75.8 Å². The molecule has 3 atom stereocenters. The number of benzene rings is 3. The van der Waals surface area contributed by atoms with Gasteiger partial charge in [0.1, 0.15) is 5.75 Å². The Morgan fingerprint density at radius 2 is 1.64 bits per heavy atom. The molecule has 1 aliphatic rings. The number of rotatable bonds is 15. The van der Waals surface area contributed by atoms with Crippen molar-refractivity contribution in [1.29, 1.82) is 0 Å². The maximum Gasteiger partial charge on any atom is 0.220 e. The lowest BCUT2D eigenvalue weighted by Gasteiger charge is -2.36. The molecule has 5 rings (SSSR count). The molecule has 248 valence electrons. The number of hydrogen-bond acceptors (Lipinski definition) is 10. The second-order valence-electron chi connectivity index (χ2n) is 11.4. The highest BCUT2D eigenvalue weighted by molar-refractivity contribution is 7.99. The highest BCUT2D eigenvalue weighted by Gasteiger charge is 2.32. The maximum atomic E-state index is 12.3. The third kappa shape index (κ3) is 10.1. The van der Waals surface area contributed by atoms with Crippen LogP contribution in [0.4, 0.5) is 0 Å². The van der Waals surface area contributed by atoms with Crippen molar-refractivity contribution in [2.75, 3.05) is 12.3 Å². The first-order valence-electron chi connectivity index (χ1n) is 15.7. The molecule has 2 heterocycles. The average molecular weight is 661 g/mol. The number of nitrogens with one attached hydrogen (secondary N) is 2. The number of phenols is 1. The van der Waals surface area contributed by atoms with E-state index in [1.54, 1.807) is 28.9 Å². The van der Waals surface area contributed by atoms with Crippen molar-refractivity contribution >= 4 is 23.6 Å². The molecule has 4 N–H and O–H groups in total. The van der Waals surface area contributed by atoms with E-state index in [2.05, 4.69) is 26.2 Å². The first-order chi connectivity index (χ1) is 22.9. The summed E-state index contributed by atoms with van der Waals surface area (Å²) < 4.78 is 14.6. The highest BCUT2D eigenvalue weighted by Crippen LogP contribution is 2.39. The summed E-state index contributed by atoms with van der Waals surface area (Å²) in [5.74, 6) is 0.696. The molecule has 0 aliphatic carbocycles. The quantitative estimate of drug-likeness (QED) is 0.106. The first kappa shape index (κ1) is 34.0. The van der Waals surface area contributed by atoms with E-state index in [1.807, 2.05) is 48.5 Å². The zero-order valence-corrected chi connectivity index (χ0v) is 27.1. The van der Waals surface area contributed by atoms with E-state index in [9.17, 15) is 19.8 Å². The molecule has 0 radical (unpaired) electrons. The third-order valence-electron chi connectivity index (χ3n) is 7.74. The molecule has 3 unspecified atom stereocenters. The van der Waals surface area contributed by atoms with E-state index in [4.69, 9.17) is 9.47 Å². The van der Waals surface area contributed by atoms with E-state index in [1.165, 1.54) is 18.7 Å². The Morgan fingerprint density at radius 1 is 0.915 bits per heavy atom. The number of carbonyl (C=O) groups excluding carboxylic acids is 2. The van der Waals surface area contributed by atoms with Crippen LogP contribution in [0.5, 0.6) is 5.75 Å². The Hall–Kier alpha value is -4.30. The number of aromatic nitrogens is 4. The minimum absolute atomic E-state index is 0.000560. The van der Waals surface area contributed by atoms with Crippen LogP contribution < -0.4 is 10.6 Å². The van der Waals surface area contributed by atoms with Crippen LogP contribution in [-0.2, 0) is 32.2 Å². The number of unbranched alkanes of at least 4 members (excludes halogenated alkanes) is 2. The fourth-order valence-electron chi connectivity index (χ4n) is 5.15. The average Bonchev–Trinajstić information content (AvgIpc) is 3.57. The van der Waals surface area contributed by atoms with Crippen molar-refractivity contribution in [3.8, 4) is 11.4 Å². The number of carbonyl (C=O) groups is 2. The van der Waals surface area contributed by atoms with Gasteiger partial charge in [-0.05, 0) is 64.2 Å². The number of aliphatic hydroxyl groups excluding tert-OH is 1. The number of amides is 2. The van der Waals surface area contributed by atoms with E-state index in [-0.39, 0.29) is 36.4 Å². The number of ether oxygens (including phenoxy) is 2. The van der Waals surface area contributed by atoms with Gasteiger partial charge in [0, 0.05) is 44.2 Å². The summed E-state index contributed by atoms with van der Waals surface area (Å²) in [5.41, 5.74) is 4.38. The number of aliphatic hydroxyl groups is 1. The molecule has 47 heavy (non-hydrogen) atoms. The smallest absolute Gasteiger partial charge is 0.220 e. The zero-order valence-electron chi connectivity index (χ0n) is 26.2. The van der Waals surface area contributed by atoms with Gasteiger partial charge in [-0.3, -0.25) is 9.59 Å². The number of aromatic hydroxyl groups is 1. The van der Waals surface area contributed by atoms with Gasteiger partial charge in [0.25, 0.3) is 0 Å². The SMILES string of the molecule is CC(=O)NCCCCCC(=O)NCc1ccc(C2OC(CSc3nnnn3-c3ccc(O)cc3)CC(c3ccc(CO)cc3)O2)cc1. The van der Waals surface area contributed by atoms with Crippen LogP contribution in [-0.4, -0.2) is 60.6 Å². The number of tetrazole rings is 1. The Bertz CT molecular complexity index is 1580. The van der Waals surface area contributed by atoms with E-state index >= 15 is 0 Å². The topological polar surface area (TPSA) is 161 Å². The summed E-state index contributed by atoms with van der Waals surface area (Å²) >= 11 is 1.48. The van der Waals surface area contributed by atoms with Gasteiger partial charge in [0.2, 0.25) is 17.0 Å². The van der Waals surface area contributed by atoms with Gasteiger partial charge in [-0.1, -0.05) is 66.7 Å². The van der Waals surface area contributed by atoms with Crippen molar-refractivity contribution in [3.63, 3.8) is 0 Å². The van der Waals surface area contributed by atoms with Crippen LogP contribution in [0.1, 0.15) is 73.7 Å². The summed E-state index contributed by atoms with van der Waals surface area (Å²) in [6, 6.07) is 22.3. The second-order valence-corrected chi connectivity index (χ2v) is 12.3. The fraction of sp³-hybridized carbons (Fsp3) is 0.382. The Balaban J connectivity index is 1.20. The Labute approximate surface area is 277 Å². The van der Waals surface area contributed by atoms with Gasteiger partial charge in [-0.2, -0.15) is 4.68 Å². The van der Waals surface area contributed by atoms with Crippen LogP contribution in [0.15, 0.2) is 78.0 Å². The first-order valence-corrected chi connectivity index (χ1v) is 16.7. The van der Waals surface area contributed by atoms with Crippen LogP contribution in [0.25, 0.3) is 5.69 Å². The summed E-state index contributed by atoms with van der Waals surface area (Å²) in [6.07, 6.45) is 2.52. The number of nitrogens with zero attached hydrogens (tertiary/aromatic N) is 4. The summed E-state index contributed by atoms with van der Waals surface area (Å²) in [4.78, 5) is 23.3. The van der Waals surface area contributed by atoms with Crippen LogP contribution in [0, 0.1) is 0 Å². The lowest BCUT2D eigenvalue weighted by Crippen LogP contribution is -2.31. The summed E-state index contributed by atoms with van der Waals surface area (Å²) in [6.45, 7) is 2.53. The maximum absolute atomic E-state index is 12.3. The number of hydrogen-bond donors (Lipinski definition) is 4. The van der Waals surface area contributed by atoms with E-state index < -0.39 is 6.29 Å². The molecule has 1 aromatic heterocycles. The fourth-order valence-corrected chi connectivity index (χ4v) is 6.06. The second kappa shape index (κ2) is 17.0. The predicted octanol–water partition coefficient (Wildman–Crippen LogP) is 4.51. The van der Waals surface area contributed by atoms with Crippen molar-refractivity contribution in [3.05, 3.63) is 95.1 Å². The van der Waals surface area contributed by atoms with E-state index in [0.29, 0.717) is 36.8 Å². The Kier molecular flexibility index (Phi) is 12.3. The summed E-state index contributed by atoms with van der Waals surface area (Å²) in [7, 11) is 0. The van der Waals surface area contributed by atoms with Gasteiger partial charge in [-0.15, -0.1) is 5.10 Å². The lowest BCUT2D eigenvalue weighted by atomic mass is 10.0. The molecule has 13 heteroatoms. The molecular formula is C34H40N6O6S. The molecule has 0 spiro atoms. The van der Waals surface area contributed by atoms with Gasteiger partial charge >= 0.3 is 0 Å². The zero-order chi connectivity index (χ0) is 33.0. The van der Waals surface area contributed by atoms with E-state index in [0.717, 1.165) is 47.2 Å². The standard InChI is InChI=1S/C34H40N6O6S/c1-23(42)35-18-4-2-3-5-32(44)36-20-24-6-12-27(13-7-24)33-45-30(19-31(46-33)26-10-8-25(21-41)9-11-26)22-47-34-37-38-39-40(34)28-14-16-29(43)17-15-28/h6-17,30-31,33,41,43H,2-5,18-22H2,1H3,(H,35,42)(H,36,44). The van der Waals surface area contributed by atoms with Gasteiger partial charge in [0.15, 0.2) is 6.29 Å². The lowest BCUT2D eigenvalue weighted by molar-refractivity contribution is -0.245. The number of phenolic OH excluding ortho intramolecular Hbond substituents is 1. The molecule has 0 bridgehead atoms. The van der Waals surface area contributed by atoms with Gasteiger partial charge < -0.3 is 30.3 Å². The van der Waals surface area contributed by atoms with Crippen molar-refractivity contribution in [1.82, 2.24) is 30.8 Å². The normalized spacial score (nSPS) is 17.7. The molecule has 0 saturated carbocycles. The molecule has 1 fully saturated rings. The minimum Gasteiger partial charge on any atom is -0.508 e. The predicted molar refractivity (Wildman–Crippen MR) is 175 cm³/mol. The highest BCUT2D eigenvalue weighted by atomic mass is 32.2. The molecule has 12 nitrogen and oxygen atoms in total. The summed E-state index contributed by atoms with van der Waals surface area (Å²) in [5, 5.41) is 37.7. The molecule has 1 aliphatic heterocycles. The third-order valence-corrected chi connectivity index (χ3v) is 8.80. The molecular weight excluding hydrogens is 620 g/mol. The van der Waals surface area contributed by atoms with Gasteiger partial charge in [-0.25, -0.2) is 0 Å². The molecule has 4 aromatic rings. The monoisotopic (exact) mass is 660 g/mol.